The van der Waals surface area contributed by atoms with Gasteiger partial charge >= 0.3 is 6.18 Å². The summed E-state index contributed by atoms with van der Waals surface area (Å²) in [4.78, 5) is 32.1. The summed E-state index contributed by atoms with van der Waals surface area (Å²) < 4.78 is 50.7. The monoisotopic (exact) mass is 606 g/mol. The van der Waals surface area contributed by atoms with Crippen molar-refractivity contribution in [2.75, 3.05) is 64.9 Å². The van der Waals surface area contributed by atoms with Crippen LogP contribution in [-0.4, -0.2) is 103 Å². The van der Waals surface area contributed by atoms with E-state index >= 15 is 0 Å². The number of benzene rings is 2. The van der Waals surface area contributed by atoms with Crippen molar-refractivity contribution in [3.63, 3.8) is 0 Å². The van der Waals surface area contributed by atoms with Crippen molar-refractivity contribution >= 4 is 17.5 Å². The minimum atomic E-state index is -4.39. The van der Waals surface area contributed by atoms with Crippen LogP contribution in [0.25, 0.3) is 0 Å². The molecule has 0 aromatic heterocycles. The smallest absolute Gasteiger partial charge is 0.416 e. The average molecular weight is 607 g/mol. The van der Waals surface area contributed by atoms with Gasteiger partial charge in [0.25, 0.3) is 5.91 Å². The van der Waals surface area contributed by atoms with Gasteiger partial charge in [-0.15, -0.1) is 0 Å². The van der Waals surface area contributed by atoms with Gasteiger partial charge in [0.15, 0.2) is 0 Å². The molecule has 12 heteroatoms. The number of morpholine rings is 1. The number of likely N-dealkylation sites (N-methyl/N-ethyl adjacent to an activating group) is 1. The Morgan fingerprint density at radius 1 is 1.16 bits per heavy atom. The fourth-order valence-corrected chi connectivity index (χ4v) is 5.31. The van der Waals surface area contributed by atoms with Crippen LogP contribution in [0, 0.1) is 5.92 Å². The highest BCUT2D eigenvalue weighted by atomic mass is 19.4. The number of nitrogens with zero attached hydrogens (tertiary/aromatic N) is 3. The van der Waals surface area contributed by atoms with E-state index in [0.29, 0.717) is 57.3 Å². The highest BCUT2D eigenvalue weighted by Gasteiger charge is 2.34. The van der Waals surface area contributed by atoms with Crippen molar-refractivity contribution < 1.29 is 37.3 Å². The van der Waals surface area contributed by atoms with Crippen LogP contribution in [0.3, 0.4) is 0 Å². The van der Waals surface area contributed by atoms with Gasteiger partial charge in [-0.2, -0.15) is 13.2 Å². The van der Waals surface area contributed by atoms with Gasteiger partial charge in [-0.1, -0.05) is 19.1 Å². The molecule has 0 unspecified atom stereocenters. The van der Waals surface area contributed by atoms with Crippen LogP contribution in [0.1, 0.15) is 41.8 Å². The summed E-state index contributed by atoms with van der Waals surface area (Å²) in [6.45, 7) is 8.20. The number of rotatable bonds is 10. The predicted molar refractivity (Wildman–Crippen MR) is 156 cm³/mol. The molecule has 0 saturated carbocycles. The number of anilines is 1. The number of nitrogens with one attached hydrogen (secondary N) is 1. The lowest BCUT2D eigenvalue weighted by Crippen LogP contribution is -2.49. The topological polar surface area (TPSA) is 94.6 Å². The molecular weight excluding hydrogens is 565 g/mol. The second kappa shape index (κ2) is 14.5. The Hall–Kier alpha value is -3.19. The van der Waals surface area contributed by atoms with E-state index < -0.39 is 17.8 Å². The van der Waals surface area contributed by atoms with Crippen molar-refractivity contribution in [2.45, 2.75) is 45.1 Å². The van der Waals surface area contributed by atoms with Crippen molar-refractivity contribution in [2.24, 2.45) is 5.92 Å². The molecule has 2 aromatic carbocycles. The first-order valence-corrected chi connectivity index (χ1v) is 14.6. The van der Waals surface area contributed by atoms with Gasteiger partial charge in [0, 0.05) is 57.3 Å². The Kier molecular flexibility index (Phi) is 11.0. The summed E-state index contributed by atoms with van der Waals surface area (Å²) in [6, 6.07) is 9.63. The Morgan fingerprint density at radius 2 is 1.86 bits per heavy atom. The van der Waals surface area contributed by atoms with Gasteiger partial charge in [-0.25, -0.2) is 0 Å². The lowest BCUT2D eigenvalue weighted by Gasteiger charge is -2.38. The third-order valence-corrected chi connectivity index (χ3v) is 7.93. The lowest BCUT2D eigenvalue weighted by molar-refractivity contribution is -0.137. The molecule has 0 spiro atoms. The number of alkyl halides is 3. The average Bonchev–Trinajstić information content (AvgIpc) is 2.98. The molecule has 236 valence electrons. The van der Waals surface area contributed by atoms with E-state index in [9.17, 15) is 27.9 Å². The third kappa shape index (κ3) is 8.91. The maximum absolute atomic E-state index is 13.7. The molecule has 2 amide bonds. The van der Waals surface area contributed by atoms with Gasteiger partial charge in [-0.05, 0) is 49.9 Å². The van der Waals surface area contributed by atoms with Crippen LogP contribution in [0.2, 0.25) is 0 Å². The van der Waals surface area contributed by atoms with Gasteiger partial charge in [-0.3, -0.25) is 19.4 Å². The molecule has 0 aliphatic carbocycles. The molecule has 2 aliphatic rings. The Morgan fingerprint density at radius 3 is 2.51 bits per heavy atom. The van der Waals surface area contributed by atoms with Crippen molar-refractivity contribution in [1.29, 1.82) is 0 Å². The van der Waals surface area contributed by atoms with E-state index in [1.165, 1.54) is 12.1 Å². The normalized spacial score (nSPS) is 20.7. The van der Waals surface area contributed by atoms with Crippen molar-refractivity contribution in [1.82, 2.24) is 14.7 Å². The Labute approximate surface area is 250 Å². The molecule has 0 radical (unpaired) electrons. The zero-order chi connectivity index (χ0) is 31.1. The second-order valence-corrected chi connectivity index (χ2v) is 11.5. The van der Waals surface area contributed by atoms with E-state index in [4.69, 9.17) is 9.47 Å². The standard InChI is InChI=1S/C31H41F3N4O5/c1-21-17-38(22(2)20-39)30(41)26-16-25(35-29(40)10-11-37-12-14-42-15-13-37)8-9-27(26)43-28(21)19-36(3)18-23-4-6-24(7-5-23)31(32,33)34/h4-9,16,21-22,28,39H,10-15,17-20H2,1-3H3,(H,35,40)/t21-,22-,28-/m0/s1. The largest absolute Gasteiger partial charge is 0.488 e. The maximum Gasteiger partial charge on any atom is 0.416 e. The van der Waals surface area contributed by atoms with Gasteiger partial charge < -0.3 is 24.8 Å². The molecule has 4 rings (SSSR count). The molecule has 2 aliphatic heterocycles. The first-order valence-electron chi connectivity index (χ1n) is 14.6. The summed E-state index contributed by atoms with van der Waals surface area (Å²) in [5, 5.41) is 12.8. The third-order valence-electron chi connectivity index (χ3n) is 7.93. The minimum Gasteiger partial charge on any atom is -0.488 e. The fourth-order valence-electron chi connectivity index (χ4n) is 5.31. The van der Waals surface area contributed by atoms with Gasteiger partial charge in [0.1, 0.15) is 11.9 Å². The molecule has 43 heavy (non-hydrogen) atoms. The van der Waals surface area contributed by atoms with Crippen LogP contribution in [0.4, 0.5) is 18.9 Å². The summed E-state index contributed by atoms with van der Waals surface area (Å²) >= 11 is 0. The molecule has 1 fully saturated rings. The van der Waals surface area contributed by atoms with Gasteiger partial charge in [0.05, 0.1) is 37.0 Å². The van der Waals surface area contributed by atoms with E-state index in [1.54, 1.807) is 30.0 Å². The molecule has 2 aromatic rings. The highest BCUT2D eigenvalue weighted by Crippen LogP contribution is 2.32. The first kappa shape index (κ1) is 32.7. The molecule has 2 heterocycles. The number of carbonyl (C=O) groups is 2. The number of hydrogen-bond donors (Lipinski definition) is 2. The number of hydrogen-bond acceptors (Lipinski definition) is 7. The van der Waals surface area contributed by atoms with Gasteiger partial charge in [0.2, 0.25) is 5.91 Å². The molecule has 9 nitrogen and oxygen atoms in total. The molecular formula is C31H41F3N4O5. The van der Waals surface area contributed by atoms with Crippen LogP contribution >= 0.6 is 0 Å². The number of ether oxygens (including phenoxy) is 2. The fraction of sp³-hybridized carbons (Fsp3) is 0.548. The number of halogens is 3. The zero-order valence-electron chi connectivity index (χ0n) is 24.9. The number of carbonyl (C=O) groups excluding carboxylic acids is 2. The van der Waals surface area contributed by atoms with Crippen molar-refractivity contribution in [3.8, 4) is 5.75 Å². The summed E-state index contributed by atoms with van der Waals surface area (Å²) in [7, 11) is 1.86. The van der Waals surface area contributed by atoms with Crippen LogP contribution in [0.15, 0.2) is 42.5 Å². The highest BCUT2D eigenvalue weighted by molar-refractivity contribution is 6.00. The molecule has 1 saturated heterocycles. The van der Waals surface area contributed by atoms with E-state index in [2.05, 4.69) is 10.2 Å². The minimum absolute atomic E-state index is 0.124. The van der Waals surface area contributed by atoms with Crippen molar-refractivity contribution in [3.05, 3.63) is 59.2 Å². The van der Waals surface area contributed by atoms with Crippen LogP contribution in [0.5, 0.6) is 5.75 Å². The Bertz CT molecular complexity index is 1240. The lowest BCUT2D eigenvalue weighted by atomic mass is 9.99. The number of aliphatic hydroxyl groups excluding tert-OH is 1. The Balaban J connectivity index is 1.48. The quantitative estimate of drug-likeness (QED) is 0.426. The van der Waals surface area contributed by atoms with Crippen LogP contribution < -0.4 is 10.1 Å². The summed E-state index contributed by atoms with van der Waals surface area (Å²) in [5.74, 6) is -0.223. The molecule has 2 N–H and O–H groups in total. The molecule has 3 atom stereocenters. The number of fused-ring (bicyclic) bond motifs is 1. The van der Waals surface area contributed by atoms with E-state index in [0.717, 1.165) is 30.8 Å². The molecule has 0 bridgehead atoms. The number of amides is 2. The zero-order valence-corrected chi connectivity index (χ0v) is 24.9. The first-order chi connectivity index (χ1) is 20.4. The van der Waals surface area contributed by atoms with Crippen LogP contribution in [-0.2, 0) is 22.3 Å². The van der Waals surface area contributed by atoms with E-state index in [1.807, 2.05) is 18.9 Å². The number of aliphatic hydroxyl groups is 1. The predicted octanol–water partition coefficient (Wildman–Crippen LogP) is 3.72. The second-order valence-electron chi connectivity index (χ2n) is 11.5. The summed E-state index contributed by atoms with van der Waals surface area (Å²) in [5.41, 5.74) is 0.800. The maximum atomic E-state index is 13.7. The summed E-state index contributed by atoms with van der Waals surface area (Å²) in [6.07, 6.45) is -4.45. The SMILES string of the molecule is C[C@H]1CN([C@@H](C)CO)C(=O)c2cc(NC(=O)CCN3CCOCC3)ccc2O[C@H]1CN(C)Cc1ccc(C(F)(F)F)cc1. The van der Waals surface area contributed by atoms with E-state index in [-0.39, 0.29) is 36.0 Å².